The van der Waals surface area contributed by atoms with Gasteiger partial charge in [0.2, 0.25) is 10.0 Å². The second-order valence-electron chi connectivity index (χ2n) is 7.15. The minimum atomic E-state index is -3.80. The van der Waals surface area contributed by atoms with Gasteiger partial charge in [-0.25, -0.2) is 13.1 Å². The molecule has 0 saturated carbocycles. The highest BCUT2D eigenvalue weighted by molar-refractivity contribution is 7.89. The van der Waals surface area contributed by atoms with E-state index in [0.29, 0.717) is 25.1 Å². The molecule has 1 aromatic heterocycles. The number of nitrogens with zero attached hydrogens (tertiary/aromatic N) is 4. The first-order valence-electron chi connectivity index (χ1n) is 9.42. The maximum Gasteiger partial charge on any atom is 0.275 e. The second kappa shape index (κ2) is 8.28. The lowest BCUT2D eigenvalue weighted by Crippen LogP contribution is -2.50. The monoisotopic (exact) mass is 466 g/mol. The Morgan fingerprint density at radius 1 is 0.933 bits per heavy atom. The first-order valence-corrected chi connectivity index (χ1v) is 11.6. The summed E-state index contributed by atoms with van der Waals surface area (Å²) in [5.74, 6) is 0. The molecule has 0 spiro atoms. The molecule has 3 aromatic rings. The molecule has 0 N–H and O–H groups in total. The summed E-state index contributed by atoms with van der Waals surface area (Å²) in [7, 11) is -3.80. The maximum absolute atomic E-state index is 13.0. The Labute approximate surface area is 184 Å². The van der Waals surface area contributed by atoms with Gasteiger partial charge in [-0.3, -0.25) is 9.69 Å². The fraction of sp³-hybridized carbons (Fsp3) is 0.300. The maximum atomic E-state index is 13.0. The number of hydrogen-bond donors (Lipinski definition) is 0. The number of hydrogen-bond acceptors (Lipinski definition) is 5. The Morgan fingerprint density at radius 2 is 1.53 bits per heavy atom. The predicted molar refractivity (Wildman–Crippen MR) is 118 cm³/mol. The molecule has 2 heterocycles. The van der Waals surface area contributed by atoms with Crippen LogP contribution in [0.1, 0.15) is 5.69 Å². The van der Waals surface area contributed by atoms with Gasteiger partial charge >= 0.3 is 0 Å². The normalized spacial score (nSPS) is 16.2. The zero-order valence-corrected chi connectivity index (χ0v) is 18.6. The van der Waals surface area contributed by atoms with E-state index < -0.39 is 10.0 Å². The van der Waals surface area contributed by atoms with Crippen LogP contribution in [0, 0.1) is 6.92 Å². The van der Waals surface area contributed by atoms with Crippen molar-refractivity contribution in [2.45, 2.75) is 18.5 Å². The van der Waals surface area contributed by atoms with E-state index in [1.54, 1.807) is 12.1 Å². The molecule has 0 amide bonds. The van der Waals surface area contributed by atoms with E-state index in [0.717, 1.165) is 11.1 Å². The molecule has 1 aliphatic heterocycles. The van der Waals surface area contributed by atoms with Crippen molar-refractivity contribution in [3.8, 4) is 0 Å². The van der Waals surface area contributed by atoms with Crippen LogP contribution in [-0.2, 0) is 16.7 Å². The van der Waals surface area contributed by atoms with Crippen LogP contribution in [-0.4, -0.2) is 53.6 Å². The van der Waals surface area contributed by atoms with Crippen molar-refractivity contribution >= 4 is 44.0 Å². The molecule has 2 aromatic carbocycles. The van der Waals surface area contributed by atoms with Crippen LogP contribution < -0.4 is 5.56 Å². The Hall–Kier alpha value is -1.97. The number of rotatable bonds is 4. The zero-order valence-electron chi connectivity index (χ0n) is 16.3. The second-order valence-corrected chi connectivity index (χ2v) is 9.84. The fourth-order valence-electron chi connectivity index (χ4n) is 3.66. The molecule has 0 aliphatic carbocycles. The summed E-state index contributed by atoms with van der Waals surface area (Å²) < 4.78 is 28.8. The Balaban J connectivity index is 1.51. The van der Waals surface area contributed by atoms with E-state index in [2.05, 4.69) is 5.10 Å². The van der Waals surface area contributed by atoms with Gasteiger partial charge in [-0.15, -0.1) is 0 Å². The minimum Gasteiger partial charge on any atom is -0.282 e. The lowest BCUT2D eigenvalue weighted by Gasteiger charge is -2.34. The van der Waals surface area contributed by atoms with Crippen LogP contribution in [0.3, 0.4) is 0 Å². The van der Waals surface area contributed by atoms with E-state index in [1.807, 2.05) is 30.0 Å². The average Bonchev–Trinajstić information content (AvgIpc) is 2.72. The molecule has 30 heavy (non-hydrogen) atoms. The van der Waals surface area contributed by atoms with Gasteiger partial charge < -0.3 is 0 Å². The summed E-state index contributed by atoms with van der Waals surface area (Å²) in [6.07, 6.45) is 0. The van der Waals surface area contributed by atoms with E-state index in [1.165, 1.54) is 21.1 Å². The first-order chi connectivity index (χ1) is 14.3. The number of aryl methyl sites for hydroxylation is 1. The Bertz CT molecular complexity index is 1250. The predicted octanol–water partition coefficient (Wildman–Crippen LogP) is 2.98. The molecule has 158 valence electrons. The van der Waals surface area contributed by atoms with Gasteiger partial charge in [-0.05, 0) is 25.1 Å². The van der Waals surface area contributed by atoms with Crippen LogP contribution in [0.5, 0.6) is 0 Å². The smallest absolute Gasteiger partial charge is 0.275 e. The molecular weight excluding hydrogens is 447 g/mol. The summed E-state index contributed by atoms with van der Waals surface area (Å²) in [5.41, 5.74) is 0.619. The molecule has 0 unspecified atom stereocenters. The standard InChI is InChI=1S/C20H20Cl2N4O3S/c1-14-15-5-2-3-6-16(15)20(27)26(23-14)13-24-9-11-25(12-10-24)30(28,29)19-17(21)7-4-8-18(19)22/h2-8H,9-13H2,1H3. The van der Waals surface area contributed by atoms with E-state index >= 15 is 0 Å². The van der Waals surface area contributed by atoms with Crippen LogP contribution in [0.15, 0.2) is 52.2 Å². The third-order valence-corrected chi connectivity index (χ3v) is 8.09. The Kier molecular flexibility index (Phi) is 5.87. The molecular formula is C20H20Cl2N4O3S. The molecule has 1 fully saturated rings. The van der Waals surface area contributed by atoms with Crippen LogP contribution >= 0.6 is 23.2 Å². The number of fused-ring (bicyclic) bond motifs is 1. The quantitative estimate of drug-likeness (QED) is 0.590. The van der Waals surface area contributed by atoms with Crippen LogP contribution in [0.4, 0.5) is 0 Å². The van der Waals surface area contributed by atoms with Crippen molar-refractivity contribution in [3.05, 3.63) is 68.6 Å². The summed E-state index contributed by atoms with van der Waals surface area (Å²) >= 11 is 12.2. The lowest BCUT2D eigenvalue weighted by atomic mass is 10.1. The van der Waals surface area contributed by atoms with E-state index in [4.69, 9.17) is 23.2 Å². The highest BCUT2D eigenvalue weighted by Crippen LogP contribution is 2.31. The van der Waals surface area contributed by atoms with Crippen LogP contribution in [0.25, 0.3) is 10.8 Å². The van der Waals surface area contributed by atoms with Crippen molar-refractivity contribution in [3.63, 3.8) is 0 Å². The number of aromatic nitrogens is 2. The molecule has 1 aliphatic rings. The SMILES string of the molecule is Cc1nn(CN2CCN(S(=O)(=O)c3c(Cl)cccc3Cl)CC2)c(=O)c2ccccc12. The van der Waals surface area contributed by atoms with Gasteiger partial charge in [0.15, 0.2) is 0 Å². The third kappa shape index (κ3) is 3.86. The first kappa shape index (κ1) is 21.3. The summed E-state index contributed by atoms with van der Waals surface area (Å²) in [6.45, 7) is 3.63. The summed E-state index contributed by atoms with van der Waals surface area (Å²) in [6, 6.07) is 12.0. The summed E-state index contributed by atoms with van der Waals surface area (Å²) in [4.78, 5) is 14.7. The van der Waals surface area contributed by atoms with Gasteiger partial charge in [0.05, 0.1) is 27.8 Å². The van der Waals surface area contributed by atoms with Gasteiger partial charge in [0.25, 0.3) is 5.56 Å². The average molecular weight is 467 g/mol. The minimum absolute atomic E-state index is 0.0650. The number of sulfonamides is 1. The zero-order chi connectivity index (χ0) is 21.5. The lowest BCUT2D eigenvalue weighted by molar-refractivity contribution is 0.143. The molecule has 0 atom stereocenters. The van der Waals surface area contributed by atoms with Gasteiger partial charge in [-0.1, -0.05) is 47.5 Å². The highest BCUT2D eigenvalue weighted by atomic mass is 35.5. The summed E-state index contributed by atoms with van der Waals surface area (Å²) in [5, 5.41) is 6.10. The van der Waals surface area contributed by atoms with E-state index in [9.17, 15) is 13.2 Å². The largest absolute Gasteiger partial charge is 0.282 e. The molecule has 0 bridgehead atoms. The molecule has 10 heteroatoms. The molecule has 0 radical (unpaired) electrons. The molecule has 7 nitrogen and oxygen atoms in total. The van der Waals surface area contributed by atoms with Crippen molar-refractivity contribution in [2.24, 2.45) is 0 Å². The topological polar surface area (TPSA) is 75.5 Å². The van der Waals surface area contributed by atoms with Crippen molar-refractivity contribution < 1.29 is 8.42 Å². The number of benzene rings is 2. The fourth-order valence-corrected chi connectivity index (χ4v) is 6.17. The van der Waals surface area contributed by atoms with Gasteiger partial charge in [0, 0.05) is 31.6 Å². The van der Waals surface area contributed by atoms with Gasteiger partial charge in [0.1, 0.15) is 4.90 Å². The van der Waals surface area contributed by atoms with Crippen LogP contribution in [0.2, 0.25) is 10.0 Å². The number of halogens is 2. The van der Waals surface area contributed by atoms with Crippen molar-refractivity contribution in [2.75, 3.05) is 26.2 Å². The number of piperazine rings is 1. The molecule has 1 saturated heterocycles. The third-order valence-electron chi connectivity index (χ3n) is 5.23. The Morgan fingerprint density at radius 3 is 2.17 bits per heavy atom. The highest BCUT2D eigenvalue weighted by Gasteiger charge is 2.32. The van der Waals surface area contributed by atoms with Crippen molar-refractivity contribution in [1.82, 2.24) is 19.0 Å². The van der Waals surface area contributed by atoms with E-state index in [-0.39, 0.29) is 33.6 Å². The van der Waals surface area contributed by atoms with Crippen molar-refractivity contribution in [1.29, 1.82) is 0 Å². The van der Waals surface area contributed by atoms with Gasteiger partial charge in [-0.2, -0.15) is 9.40 Å². The molecule has 4 rings (SSSR count).